The predicted octanol–water partition coefficient (Wildman–Crippen LogP) is 2.70. The highest BCUT2D eigenvalue weighted by Crippen LogP contribution is 2.44. The van der Waals surface area contributed by atoms with Crippen LogP contribution in [0.1, 0.15) is 23.5 Å². The van der Waals surface area contributed by atoms with Gasteiger partial charge in [0.25, 0.3) is 0 Å². The molecule has 8 heteroatoms. The summed E-state index contributed by atoms with van der Waals surface area (Å²) < 4.78 is 5.59. The van der Waals surface area contributed by atoms with E-state index in [1.807, 2.05) is 24.3 Å². The van der Waals surface area contributed by atoms with E-state index < -0.39 is 18.1 Å². The lowest BCUT2D eigenvalue weighted by Crippen LogP contribution is -2.55. The molecule has 0 radical (unpaired) electrons. The zero-order valence-electron chi connectivity index (χ0n) is 19.0. The van der Waals surface area contributed by atoms with Crippen molar-refractivity contribution < 1.29 is 24.2 Å². The summed E-state index contributed by atoms with van der Waals surface area (Å²) in [6, 6.07) is 15.4. The molecule has 2 aliphatic rings. The fraction of sp³-hybridized carbons (Fsp3) is 0.346. The van der Waals surface area contributed by atoms with Crippen LogP contribution in [0.3, 0.4) is 0 Å². The standard InChI is InChI=1S/C26H29N3O5/c1-2-7-23(25(32)29-14-12-28(13-15-29)16-24(30)31)27-26(33)34-17-22-20-10-5-3-8-18(20)19-9-4-6-11-21(19)22/h2-6,8-11,22-23H,1,7,12-17H2,(H,27,33)(H,30,31). The van der Waals surface area contributed by atoms with Crippen LogP contribution in [0.4, 0.5) is 4.79 Å². The van der Waals surface area contributed by atoms with Gasteiger partial charge in [0.15, 0.2) is 0 Å². The Balaban J connectivity index is 1.35. The minimum atomic E-state index is -0.888. The van der Waals surface area contributed by atoms with Gasteiger partial charge in [-0.1, -0.05) is 54.6 Å². The summed E-state index contributed by atoms with van der Waals surface area (Å²) in [4.78, 5) is 40.0. The highest BCUT2D eigenvalue weighted by atomic mass is 16.5. The number of carbonyl (C=O) groups excluding carboxylic acids is 2. The van der Waals surface area contributed by atoms with Gasteiger partial charge in [-0.25, -0.2) is 4.79 Å². The van der Waals surface area contributed by atoms with Crippen molar-refractivity contribution in [3.8, 4) is 11.1 Å². The van der Waals surface area contributed by atoms with Crippen LogP contribution in [0.5, 0.6) is 0 Å². The van der Waals surface area contributed by atoms with Crippen molar-refractivity contribution in [1.29, 1.82) is 0 Å². The number of hydrogen-bond acceptors (Lipinski definition) is 5. The number of nitrogens with zero attached hydrogens (tertiary/aromatic N) is 2. The Bertz CT molecular complexity index is 1030. The fourth-order valence-corrected chi connectivity index (χ4v) is 4.71. The third-order valence-electron chi connectivity index (χ3n) is 6.38. The van der Waals surface area contributed by atoms with Gasteiger partial charge in [0.1, 0.15) is 12.6 Å². The number of fused-ring (bicyclic) bond motifs is 3. The molecular weight excluding hydrogens is 434 g/mol. The third-order valence-corrected chi connectivity index (χ3v) is 6.38. The van der Waals surface area contributed by atoms with Gasteiger partial charge in [0.2, 0.25) is 5.91 Å². The maximum absolute atomic E-state index is 13.0. The molecule has 0 aromatic heterocycles. The molecule has 1 unspecified atom stereocenters. The molecule has 1 saturated heterocycles. The average molecular weight is 464 g/mol. The number of alkyl carbamates (subject to hydrolysis) is 1. The van der Waals surface area contributed by atoms with Crippen LogP contribution in [0.15, 0.2) is 61.2 Å². The number of hydrogen-bond donors (Lipinski definition) is 2. The van der Waals surface area contributed by atoms with Crippen LogP contribution in [0.2, 0.25) is 0 Å². The highest BCUT2D eigenvalue weighted by molar-refractivity contribution is 5.86. The van der Waals surface area contributed by atoms with E-state index in [1.54, 1.807) is 15.9 Å². The molecule has 0 spiro atoms. The molecule has 4 rings (SSSR count). The molecule has 0 bridgehead atoms. The molecule has 1 heterocycles. The first-order valence-electron chi connectivity index (χ1n) is 11.4. The molecular formula is C26H29N3O5. The maximum Gasteiger partial charge on any atom is 0.407 e. The van der Waals surface area contributed by atoms with Gasteiger partial charge < -0.3 is 20.1 Å². The summed E-state index contributed by atoms with van der Waals surface area (Å²) in [6.07, 6.45) is 1.22. The Hall–Kier alpha value is -3.65. The van der Waals surface area contributed by atoms with Crippen molar-refractivity contribution in [3.63, 3.8) is 0 Å². The number of carboxylic acids is 1. The average Bonchev–Trinajstić information content (AvgIpc) is 3.16. The number of nitrogens with one attached hydrogen (secondary N) is 1. The second-order valence-corrected chi connectivity index (χ2v) is 8.54. The van der Waals surface area contributed by atoms with Crippen LogP contribution >= 0.6 is 0 Å². The highest BCUT2D eigenvalue weighted by Gasteiger charge is 2.31. The van der Waals surface area contributed by atoms with E-state index in [1.165, 1.54) is 0 Å². The first-order valence-corrected chi connectivity index (χ1v) is 11.4. The van der Waals surface area contributed by atoms with Crippen molar-refractivity contribution in [1.82, 2.24) is 15.1 Å². The van der Waals surface area contributed by atoms with E-state index in [0.717, 1.165) is 22.3 Å². The summed E-state index contributed by atoms with van der Waals surface area (Å²) in [6.45, 7) is 5.60. The van der Waals surface area contributed by atoms with E-state index in [4.69, 9.17) is 9.84 Å². The van der Waals surface area contributed by atoms with Crippen LogP contribution < -0.4 is 5.32 Å². The molecule has 2 aromatic carbocycles. The SMILES string of the molecule is C=CCC(NC(=O)OCC1c2ccccc2-c2ccccc21)C(=O)N1CCN(CC(=O)O)CC1. The molecule has 2 aromatic rings. The number of amides is 2. The number of piperazine rings is 1. The monoisotopic (exact) mass is 463 g/mol. The predicted molar refractivity (Wildman–Crippen MR) is 127 cm³/mol. The number of rotatable bonds is 8. The van der Waals surface area contributed by atoms with Crippen molar-refractivity contribution >= 4 is 18.0 Å². The van der Waals surface area contributed by atoms with Crippen molar-refractivity contribution in [2.24, 2.45) is 0 Å². The van der Waals surface area contributed by atoms with Crippen LogP contribution in [-0.4, -0.2) is 78.2 Å². The molecule has 1 atom stereocenters. The first kappa shape index (κ1) is 23.5. The van der Waals surface area contributed by atoms with Crippen molar-refractivity contribution in [2.75, 3.05) is 39.3 Å². The Morgan fingerprint density at radius 2 is 1.62 bits per heavy atom. The van der Waals surface area contributed by atoms with E-state index >= 15 is 0 Å². The molecule has 1 aliphatic heterocycles. The van der Waals surface area contributed by atoms with Crippen molar-refractivity contribution in [3.05, 3.63) is 72.3 Å². The largest absolute Gasteiger partial charge is 0.480 e. The number of carboxylic acid groups (broad SMARTS) is 1. The van der Waals surface area contributed by atoms with E-state index in [9.17, 15) is 14.4 Å². The number of carbonyl (C=O) groups is 3. The lowest BCUT2D eigenvalue weighted by molar-refractivity contribution is -0.139. The molecule has 0 saturated carbocycles. The zero-order chi connectivity index (χ0) is 24.1. The molecule has 34 heavy (non-hydrogen) atoms. The van der Waals surface area contributed by atoms with Crippen molar-refractivity contribution in [2.45, 2.75) is 18.4 Å². The lowest BCUT2D eigenvalue weighted by atomic mass is 9.98. The minimum Gasteiger partial charge on any atom is -0.480 e. The number of aliphatic carboxylic acids is 1. The Morgan fingerprint density at radius 1 is 1.03 bits per heavy atom. The fourth-order valence-electron chi connectivity index (χ4n) is 4.71. The first-order chi connectivity index (χ1) is 16.5. The van der Waals surface area contributed by atoms with E-state index in [-0.39, 0.29) is 31.4 Å². The summed E-state index contributed by atoms with van der Waals surface area (Å²) in [5.74, 6) is -1.17. The van der Waals surface area contributed by atoms with Gasteiger partial charge in [0.05, 0.1) is 6.54 Å². The maximum atomic E-state index is 13.0. The van der Waals surface area contributed by atoms with Gasteiger partial charge in [-0.2, -0.15) is 0 Å². The van der Waals surface area contributed by atoms with E-state index in [0.29, 0.717) is 26.2 Å². The quantitative estimate of drug-likeness (QED) is 0.584. The second-order valence-electron chi connectivity index (χ2n) is 8.54. The summed E-state index contributed by atoms with van der Waals surface area (Å²) in [5, 5.41) is 11.6. The molecule has 1 fully saturated rings. The van der Waals surface area contributed by atoms with Crippen LogP contribution in [-0.2, 0) is 14.3 Å². The van der Waals surface area contributed by atoms with E-state index in [2.05, 4.69) is 36.2 Å². The molecule has 178 valence electrons. The third kappa shape index (κ3) is 5.12. The number of ether oxygens (including phenoxy) is 1. The second kappa shape index (κ2) is 10.5. The van der Waals surface area contributed by atoms with Gasteiger partial charge >= 0.3 is 12.1 Å². The zero-order valence-corrected chi connectivity index (χ0v) is 19.0. The normalized spacial score (nSPS) is 16.3. The number of benzene rings is 2. The topological polar surface area (TPSA) is 99.2 Å². The van der Waals surface area contributed by atoms with Crippen LogP contribution in [0, 0.1) is 0 Å². The molecule has 2 N–H and O–H groups in total. The van der Waals surface area contributed by atoms with Gasteiger partial charge in [-0.15, -0.1) is 6.58 Å². The Labute approximate surface area is 198 Å². The summed E-state index contributed by atoms with van der Waals surface area (Å²) in [7, 11) is 0. The van der Waals surface area contributed by atoms with Crippen LogP contribution in [0.25, 0.3) is 11.1 Å². The lowest BCUT2D eigenvalue weighted by Gasteiger charge is -2.35. The van der Waals surface area contributed by atoms with Gasteiger partial charge in [-0.05, 0) is 28.7 Å². The molecule has 8 nitrogen and oxygen atoms in total. The Morgan fingerprint density at radius 3 is 2.18 bits per heavy atom. The van der Waals surface area contributed by atoms with Gasteiger partial charge in [-0.3, -0.25) is 14.5 Å². The summed E-state index contributed by atoms with van der Waals surface area (Å²) in [5.41, 5.74) is 4.53. The molecule has 2 amide bonds. The minimum absolute atomic E-state index is 0.0455. The molecule has 1 aliphatic carbocycles. The Kier molecular flexibility index (Phi) is 7.27. The summed E-state index contributed by atoms with van der Waals surface area (Å²) >= 11 is 0. The van der Waals surface area contributed by atoms with Gasteiger partial charge in [0, 0.05) is 32.1 Å². The smallest absolute Gasteiger partial charge is 0.407 e.